The maximum Gasteiger partial charge on any atom is 0.252 e. The first-order valence-corrected chi connectivity index (χ1v) is 6.36. The van der Waals surface area contributed by atoms with Crippen LogP contribution in [-0.4, -0.2) is 47.8 Å². The highest BCUT2D eigenvalue weighted by atomic mass is 16.5. The van der Waals surface area contributed by atoms with Gasteiger partial charge in [0.05, 0.1) is 12.6 Å². The van der Waals surface area contributed by atoms with Gasteiger partial charge in [-0.3, -0.25) is 4.79 Å². The molecule has 2 unspecified atom stereocenters. The van der Waals surface area contributed by atoms with Crippen LogP contribution in [0.15, 0.2) is 0 Å². The first kappa shape index (κ1) is 11.9. The topological polar surface area (TPSA) is 49.8 Å². The fraction of sp³-hybridized carbons (Fsp3) is 0.917. The van der Waals surface area contributed by atoms with Crippen molar-refractivity contribution in [3.8, 4) is 0 Å². The fourth-order valence-electron chi connectivity index (χ4n) is 2.60. The van der Waals surface area contributed by atoms with Crippen molar-refractivity contribution < 1.29 is 14.6 Å². The number of nitrogens with zero attached hydrogens (tertiary/aromatic N) is 1. The molecule has 0 aliphatic carbocycles. The predicted molar refractivity (Wildman–Crippen MR) is 60.0 cm³/mol. The molecule has 1 N–H and O–H groups in total. The zero-order valence-electron chi connectivity index (χ0n) is 9.73. The zero-order valence-corrected chi connectivity index (χ0v) is 9.73. The van der Waals surface area contributed by atoms with E-state index < -0.39 is 0 Å². The Bertz CT molecular complexity index is 238. The Labute approximate surface area is 96.6 Å². The van der Waals surface area contributed by atoms with Crippen LogP contribution in [0.4, 0.5) is 0 Å². The molecule has 2 saturated heterocycles. The second-order valence-corrected chi connectivity index (χ2v) is 4.72. The Morgan fingerprint density at radius 3 is 2.75 bits per heavy atom. The number of amides is 1. The van der Waals surface area contributed by atoms with E-state index >= 15 is 0 Å². The lowest BCUT2D eigenvalue weighted by atomic mass is 10.0. The third-order valence-electron chi connectivity index (χ3n) is 3.58. The van der Waals surface area contributed by atoms with E-state index in [4.69, 9.17) is 4.74 Å². The molecule has 2 fully saturated rings. The number of rotatable bonds is 2. The standard InChI is InChI=1S/C12H21NO3/c14-9-10-5-1-3-7-13(10)12(15)11-6-2-4-8-16-11/h10-11,14H,1-9H2. The number of hydrogen-bond donors (Lipinski definition) is 1. The van der Waals surface area contributed by atoms with E-state index in [1.807, 2.05) is 4.90 Å². The number of piperidine rings is 1. The Morgan fingerprint density at radius 1 is 1.25 bits per heavy atom. The molecule has 0 aromatic carbocycles. The molecule has 0 aromatic heterocycles. The van der Waals surface area contributed by atoms with E-state index in [0.29, 0.717) is 6.61 Å². The fourth-order valence-corrected chi connectivity index (χ4v) is 2.60. The lowest BCUT2D eigenvalue weighted by molar-refractivity contribution is -0.151. The number of aliphatic hydroxyl groups excluding tert-OH is 1. The van der Waals surface area contributed by atoms with Crippen molar-refractivity contribution in [1.29, 1.82) is 0 Å². The Kier molecular flexibility index (Phi) is 4.18. The van der Waals surface area contributed by atoms with Gasteiger partial charge in [0.2, 0.25) is 0 Å². The van der Waals surface area contributed by atoms with Gasteiger partial charge in [0.1, 0.15) is 6.10 Å². The average Bonchev–Trinajstić information content (AvgIpc) is 2.39. The van der Waals surface area contributed by atoms with E-state index in [0.717, 1.165) is 45.1 Å². The number of likely N-dealkylation sites (tertiary alicyclic amines) is 1. The van der Waals surface area contributed by atoms with Crippen LogP contribution in [0.1, 0.15) is 38.5 Å². The Balaban J connectivity index is 1.95. The summed E-state index contributed by atoms with van der Waals surface area (Å²) in [6.45, 7) is 1.57. The zero-order chi connectivity index (χ0) is 11.4. The van der Waals surface area contributed by atoms with Gasteiger partial charge >= 0.3 is 0 Å². The average molecular weight is 227 g/mol. The molecule has 4 nitrogen and oxygen atoms in total. The quantitative estimate of drug-likeness (QED) is 0.763. The molecule has 0 aromatic rings. The molecular formula is C12H21NO3. The van der Waals surface area contributed by atoms with E-state index in [2.05, 4.69) is 0 Å². The van der Waals surface area contributed by atoms with Gasteiger partial charge in [-0.1, -0.05) is 0 Å². The third-order valence-corrected chi connectivity index (χ3v) is 3.58. The molecule has 2 aliphatic heterocycles. The van der Waals surface area contributed by atoms with Crippen molar-refractivity contribution in [2.75, 3.05) is 19.8 Å². The summed E-state index contributed by atoms with van der Waals surface area (Å²) in [7, 11) is 0. The van der Waals surface area contributed by atoms with Crippen molar-refractivity contribution in [3.05, 3.63) is 0 Å². The van der Waals surface area contributed by atoms with Crippen molar-refractivity contribution in [2.45, 2.75) is 50.7 Å². The van der Waals surface area contributed by atoms with Crippen LogP contribution in [0, 0.1) is 0 Å². The molecule has 0 bridgehead atoms. The highest BCUT2D eigenvalue weighted by Crippen LogP contribution is 2.21. The maximum absolute atomic E-state index is 12.2. The molecule has 0 spiro atoms. The van der Waals surface area contributed by atoms with Gasteiger partial charge in [-0.2, -0.15) is 0 Å². The lowest BCUT2D eigenvalue weighted by Crippen LogP contribution is -2.50. The first-order valence-electron chi connectivity index (χ1n) is 6.36. The van der Waals surface area contributed by atoms with Gasteiger partial charge in [-0.25, -0.2) is 0 Å². The molecule has 0 radical (unpaired) electrons. The number of ether oxygens (including phenoxy) is 1. The minimum Gasteiger partial charge on any atom is -0.394 e. The van der Waals surface area contributed by atoms with Crippen LogP contribution in [0.3, 0.4) is 0 Å². The lowest BCUT2D eigenvalue weighted by Gasteiger charge is -2.37. The monoisotopic (exact) mass is 227 g/mol. The maximum atomic E-state index is 12.2. The Morgan fingerprint density at radius 2 is 2.06 bits per heavy atom. The van der Waals surface area contributed by atoms with Gasteiger partial charge in [0, 0.05) is 13.2 Å². The number of carbonyl (C=O) groups excluding carboxylic acids is 1. The summed E-state index contributed by atoms with van der Waals surface area (Å²) >= 11 is 0. The summed E-state index contributed by atoms with van der Waals surface area (Å²) in [6, 6.07) is 0.0202. The summed E-state index contributed by atoms with van der Waals surface area (Å²) in [4.78, 5) is 14.0. The molecular weight excluding hydrogens is 206 g/mol. The van der Waals surface area contributed by atoms with Gasteiger partial charge in [0.25, 0.3) is 5.91 Å². The molecule has 2 rings (SSSR count). The minimum atomic E-state index is -0.249. The van der Waals surface area contributed by atoms with Crippen LogP contribution in [0.2, 0.25) is 0 Å². The Hall–Kier alpha value is -0.610. The van der Waals surface area contributed by atoms with Gasteiger partial charge in [-0.05, 0) is 38.5 Å². The minimum absolute atomic E-state index is 0.0202. The highest BCUT2D eigenvalue weighted by Gasteiger charge is 2.32. The van der Waals surface area contributed by atoms with Crippen molar-refractivity contribution in [1.82, 2.24) is 4.90 Å². The molecule has 2 heterocycles. The molecule has 16 heavy (non-hydrogen) atoms. The SMILES string of the molecule is O=C(C1CCCCO1)N1CCCCC1CO. The molecule has 2 aliphatic rings. The predicted octanol–water partition coefficient (Wildman–Crippen LogP) is 0.929. The van der Waals surface area contributed by atoms with Crippen molar-refractivity contribution in [3.63, 3.8) is 0 Å². The summed E-state index contributed by atoms with van der Waals surface area (Å²) < 4.78 is 5.51. The van der Waals surface area contributed by atoms with Gasteiger partial charge < -0.3 is 14.7 Å². The molecule has 92 valence electrons. The van der Waals surface area contributed by atoms with E-state index in [1.54, 1.807) is 0 Å². The van der Waals surface area contributed by atoms with E-state index in [1.165, 1.54) is 0 Å². The molecule has 1 amide bonds. The van der Waals surface area contributed by atoms with Crippen LogP contribution < -0.4 is 0 Å². The molecule has 2 atom stereocenters. The number of aliphatic hydroxyl groups is 1. The molecule has 0 saturated carbocycles. The smallest absolute Gasteiger partial charge is 0.252 e. The highest BCUT2D eigenvalue weighted by molar-refractivity contribution is 5.81. The number of carbonyl (C=O) groups is 1. The summed E-state index contributed by atoms with van der Waals surface area (Å²) in [6.07, 6.45) is 5.82. The van der Waals surface area contributed by atoms with Gasteiger partial charge in [-0.15, -0.1) is 0 Å². The second-order valence-electron chi connectivity index (χ2n) is 4.72. The van der Waals surface area contributed by atoms with Crippen LogP contribution in [-0.2, 0) is 9.53 Å². The van der Waals surface area contributed by atoms with Crippen molar-refractivity contribution in [2.24, 2.45) is 0 Å². The number of hydrogen-bond acceptors (Lipinski definition) is 3. The van der Waals surface area contributed by atoms with Crippen LogP contribution in [0.5, 0.6) is 0 Å². The molecule has 4 heteroatoms. The summed E-state index contributed by atoms with van der Waals surface area (Å²) in [5, 5.41) is 9.27. The largest absolute Gasteiger partial charge is 0.394 e. The van der Waals surface area contributed by atoms with E-state index in [9.17, 15) is 9.90 Å². The third kappa shape index (κ3) is 2.55. The first-order chi connectivity index (χ1) is 7.83. The van der Waals surface area contributed by atoms with Crippen LogP contribution >= 0.6 is 0 Å². The van der Waals surface area contributed by atoms with Gasteiger partial charge in [0.15, 0.2) is 0 Å². The normalized spacial score (nSPS) is 31.4. The second kappa shape index (κ2) is 5.64. The summed E-state index contributed by atoms with van der Waals surface area (Å²) in [5.74, 6) is 0.0958. The van der Waals surface area contributed by atoms with E-state index in [-0.39, 0.29) is 24.7 Å². The van der Waals surface area contributed by atoms with Crippen molar-refractivity contribution >= 4 is 5.91 Å². The van der Waals surface area contributed by atoms with Crippen LogP contribution in [0.25, 0.3) is 0 Å². The summed E-state index contributed by atoms with van der Waals surface area (Å²) in [5.41, 5.74) is 0.